The van der Waals surface area contributed by atoms with Gasteiger partial charge in [0.15, 0.2) is 0 Å². The Morgan fingerprint density at radius 3 is 2.57 bits per heavy atom. The number of nitrogens with zero attached hydrogens (tertiary/aromatic N) is 1. The minimum absolute atomic E-state index is 0.141. The van der Waals surface area contributed by atoms with Crippen LogP contribution in [0.2, 0.25) is 5.02 Å². The molecule has 0 atom stereocenters. The van der Waals surface area contributed by atoms with Crippen molar-refractivity contribution < 1.29 is 9.90 Å². The number of nitrogens with one attached hydrogen (secondary N) is 2. The number of rotatable bonds is 6. The number of benzene rings is 1. The van der Waals surface area contributed by atoms with Crippen LogP contribution in [0, 0.1) is 0 Å². The lowest BCUT2D eigenvalue weighted by molar-refractivity contribution is 0.102. The molecule has 0 fully saturated rings. The molecule has 2 aromatic rings. The molecule has 0 aliphatic carbocycles. The van der Waals surface area contributed by atoms with E-state index >= 15 is 0 Å². The Hall–Kier alpha value is -2.11. The Labute approximate surface area is 128 Å². The van der Waals surface area contributed by atoms with Crippen molar-refractivity contribution in [3.63, 3.8) is 0 Å². The fourth-order valence-corrected chi connectivity index (χ4v) is 1.80. The van der Waals surface area contributed by atoms with Gasteiger partial charge in [-0.1, -0.05) is 11.6 Å². The minimum Gasteiger partial charge on any atom is -0.396 e. The van der Waals surface area contributed by atoms with Gasteiger partial charge in [-0.15, -0.1) is 0 Å². The Balaban J connectivity index is 1.93. The standard InChI is InChI=1S/C15H16ClN3O2/c16-12-4-2-11(3-5-12)15(21)19-13-6-7-14(18-10-13)17-8-1-9-20/h2-7,10,20H,1,8-9H2,(H,17,18)(H,19,21). The molecule has 2 rings (SSSR count). The molecule has 6 heteroatoms. The number of pyridine rings is 1. The zero-order valence-corrected chi connectivity index (χ0v) is 12.1. The van der Waals surface area contributed by atoms with Gasteiger partial charge < -0.3 is 15.7 Å². The predicted octanol–water partition coefficient (Wildman–Crippen LogP) is 2.78. The van der Waals surface area contributed by atoms with Gasteiger partial charge in [0.05, 0.1) is 11.9 Å². The summed E-state index contributed by atoms with van der Waals surface area (Å²) in [7, 11) is 0. The van der Waals surface area contributed by atoms with Crippen LogP contribution in [-0.2, 0) is 0 Å². The molecule has 3 N–H and O–H groups in total. The summed E-state index contributed by atoms with van der Waals surface area (Å²) in [6.45, 7) is 0.794. The lowest BCUT2D eigenvalue weighted by atomic mass is 10.2. The molecule has 110 valence electrons. The number of carbonyl (C=O) groups is 1. The van der Waals surface area contributed by atoms with Gasteiger partial charge >= 0.3 is 0 Å². The molecule has 1 aromatic carbocycles. The highest BCUT2D eigenvalue weighted by atomic mass is 35.5. The van der Waals surface area contributed by atoms with E-state index in [2.05, 4.69) is 15.6 Å². The molecule has 1 amide bonds. The van der Waals surface area contributed by atoms with Crippen LogP contribution in [0.25, 0.3) is 0 Å². The second kappa shape index (κ2) is 7.61. The zero-order valence-electron chi connectivity index (χ0n) is 11.3. The molecular formula is C15H16ClN3O2. The van der Waals surface area contributed by atoms with Gasteiger partial charge in [0.1, 0.15) is 5.82 Å². The van der Waals surface area contributed by atoms with Crippen molar-refractivity contribution in [2.24, 2.45) is 0 Å². The number of aromatic nitrogens is 1. The first kappa shape index (κ1) is 15.3. The number of hydrogen-bond donors (Lipinski definition) is 3. The summed E-state index contributed by atoms with van der Waals surface area (Å²) in [5, 5.41) is 15.1. The third kappa shape index (κ3) is 4.73. The van der Waals surface area contributed by atoms with E-state index in [1.165, 1.54) is 0 Å². The van der Waals surface area contributed by atoms with Crippen LogP contribution in [-0.4, -0.2) is 29.1 Å². The van der Waals surface area contributed by atoms with Gasteiger partial charge in [0.25, 0.3) is 5.91 Å². The summed E-state index contributed by atoms with van der Waals surface area (Å²) < 4.78 is 0. The topological polar surface area (TPSA) is 74.2 Å². The van der Waals surface area contributed by atoms with E-state index in [-0.39, 0.29) is 12.5 Å². The van der Waals surface area contributed by atoms with Crippen LogP contribution in [0.1, 0.15) is 16.8 Å². The van der Waals surface area contributed by atoms with E-state index in [4.69, 9.17) is 16.7 Å². The smallest absolute Gasteiger partial charge is 0.255 e. The molecule has 0 aliphatic rings. The molecule has 0 saturated heterocycles. The molecular weight excluding hydrogens is 290 g/mol. The van der Waals surface area contributed by atoms with Crippen molar-refractivity contribution in [2.75, 3.05) is 23.8 Å². The van der Waals surface area contributed by atoms with Crippen LogP contribution in [0.15, 0.2) is 42.6 Å². The molecule has 0 radical (unpaired) electrons. The fraction of sp³-hybridized carbons (Fsp3) is 0.200. The molecule has 0 unspecified atom stereocenters. The van der Waals surface area contributed by atoms with Gasteiger partial charge in [0.2, 0.25) is 0 Å². The maximum atomic E-state index is 12.0. The van der Waals surface area contributed by atoms with Crippen molar-refractivity contribution in [3.8, 4) is 0 Å². The highest BCUT2D eigenvalue weighted by Crippen LogP contribution is 2.13. The number of anilines is 2. The Bertz CT molecular complexity index is 585. The van der Waals surface area contributed by atoms with Crippen molar-refractivity contribution in [1.29, 1.82) is 0 Å². The summed E-state index contributed by atoms with van der Waals surface area (Å²) in [4.78, 5) is 16.2. The molecule has 0 bridgehead atoms. The monoisotopic (exact) mass is 305 g/mol. The first-order valence-electron chi connectivity index (χ1n) is 6.57. The number of amides is 1. The molecule has 1 aromatic heterocycles. The third-order valence-electron chi connectivity index (χ3n) is 2.77. The lowest BCUT2D eigenvalue weighted by Crippen LogP contribution is -2.12. The van der Waals surface area contributed by atoms with Crippen LogP contribution < -0.4 is 10.6 Å². The largest absolute Gasteiger partial charge is 0.396 e. The molecule has 5 nitrogen and oxygen atoms in total. The van der Waals surface area contributed by atoms with Crippen molar-refractivity contribution in [2.45, 2.75) is 6.42 Å². The molecule has 0 saturated carbocycles. The third-order valence-corrected chi connectivity index (χ3v) is 3.02. The predicted molar refractivity (Wildman–Crippen MR) is 83.8 cm³/mol. The minimum atomic E-state index is -0.213. The van der Waals surface area contributed by atoms with E-state index in [9.17, 15) is 4.79 Å². The zero-order chi connectivity index (χ0) is 15.1. The number of aliphatic hydroxyl groups is 1. The maximum absolute atomic E-state index is 12.0. The van der Waals surface area contributed by atoms with Gasteiger partial charge in [-0.3, -0.25) is 4.79 Å². The summed E-state index contributed by atoms with van der Waals surface area (Å²) in [5.74, 6) is 0.488. The molecule has 0 spiro atoms. The van der Waals surface area contributed by atoms with Crippen LogP contribution in [0.3, 0.4) is 0 Å². The fourth-order valence-electron chi connectivity index (χ4n) is 1.67. The van der Waals surface area contributed by atoms with E-state index in [0.29, 0.717) is 35.1 Å². The Morgan fingerprint density at radius 1 is 1.19 bits per heavy atom. The number of aliphatic hydroxyl groups excluding tert-OH is 1. The second-order valence-electron chi connectivity index (χ2n) is 4.40. The van der Waals surface area contributed by atoms with Crippen LogP contribution in [0.4, 0.5) is 11.5 Å². The molecule has 21 heavy (non-hydrogen) atoms. The van der Waals surface area contributed by atoms with Gasteiger partial charge in [-0.2, -0.15) is 0 Å². The number of halogens is 1. The summed E-state index contributed by atoms with van der Waals surface area (Å²) in [6, 6.07) is 10.2. The lowest BCUT2D eigenvalue weighted by Gasteiger charge is -2.07. The Kier molecular flexibility index (Phi) is 5.54. The molecule has 0 aliphatic heterocycles. The first-order valence-corrected chi connectivity index (χ1v) is 6.94. The van der Waals surface area contributed by atoms with Crippen molar-refractivity contribution in [3.05, 3.63) is 53.2 Å². The summed E-state index contributed by atoms with van der Waals surface area (Å²) in [5.41, 5.74) is 1.15. The summed E-state index contributed by atoms with van der Waals surface area (Å²) in [6.07, 6.45) is 2.24. The summed E-state index contributed by atoms with van der Waals surface area (Å²) >= 11 is 5.78. The van der Waals surface area contributed by atoms with Crippen LogP contribution in [0.5, 0.6) is 0 Å². The van der Waals surface area contributed by atoms with Crippen LogP contribution >= 0.6 is 11.6 Å². The Morgan fingerprint density at radius 2 is 1.95 bits per heavy atom. The van der Waals surface area contributed by atoms with Gasteiger partial charge in [-0.25, -0.2) is 4.98 Å². The SMILES string of the molecule is O=C(Nc1ccc(NCCCO)nc1)c1ccc(Cl)cc1. The van der Waals surface area contributed by atoms with Gasteiger partial charge in [0, 0.05) is 23.7 Å². The first-order chi connectivity index (χ1) is 10.2. The number of hydrogen-bond acceptors (Lipinski definition) is 4. The van der Waals surface area contributed by atoms with Gasteiger partial charge in [-0.05, 0) is 42.8 Å². The van der Waals surface area contributed by atoms with Crippen molar-refractivity contribution >= 4 is 29.0 Å². The quantitative estimate of drug-likeness (QED) is 0.717. The highest BCUT2D eigenvalue weighted by molar-refractivity contribution is 6.30. The highest BCUT2D eigenvalue weighted by Gasteiger charge is 2.06. The number of carbonyl (C=O) groups excluding carboxylic acids is 1. The second-order valence-corrected chi connectivity index (χ2v) is 4.83. The van der Waals surface area contributed by atoms with E-state index in [1.807, 2.05) is 0 Å². The van der Waals surface area contributed by atoms with E-state index in [1.54, 1.807) is 42.6 Å². The van der Waals surface area contributed by atoms with E-state index < -0.39 is 0 Å². The normalized spacial score (nSPS) is 10.2. The molecule has 1 heterocycles. The van der Waals surface area contributed by atoms with E-state index in [0.717, 1.165) is 0 Å². The maximum Gasteiger partial charge on any atom is 0.255 e. The average Bonchev–Trinajstić information content (AvgIpc) is 2.50. The van der Waals surface area contributed by atoms with Crippen molar-refractivity contribution in [1.82, 2.24) is 4.98 Å². The average molecular weight is 306 g/mol.